The summed E-state index contributed by atoms with van der Waals surface area (Å²) in [6.07, 6.45) is 1.84. The van der Waals surface area contributed by atoms with Crippen molar-refractivity contribution in [3.05, 3.63) is 59.1 Å². The van der Waals surface area contributed by atoms with E-state index in [1.807, 2.05) is 20.8 Å². The van der Waals surface area contributed by atoms with Crippen LogP contribution in [0.3, 0.4) is 0 Å². The Morgan fingerprint density at radius 1 is 0.935 bits per heavy atom. The summed E-state index contributed by atoms with van der Waals surface area (Å²) >= 11 is 5.89. The van der Waals surface area contributed by atoms with E-state index in [2.05, 4.69) is 10.6 Å². The van der Waals surface area contributed by atoms with Crippen LogP contribution in [0.1, 0.15) is 56.8 Å². The Morgan fingerprint density at radius 2 is 1.48 bits per heavy atom. The number of benzene rings is 2. The topological polar surface area (TPSA) is 92.3 Å². The van der Waals surface area contributed by atoms with E-state index in [-0.39, 0.29) is 29.2 Å². The summed E-state index contributed by atoms with van der Waals surface area (Å²) in [4.78, 5) is 25.6. The summed E-state index contributed by atoms with van der Waals surface area (Å²) in [5.74, 6) is -0.769. The standard InChI is InChI=1S/C23H27ClN2O4S/c1-22(2,3)26-20(27)16-6-10-18(11-7-16)25-21(28)23(14-4-5-15-23)31(29,30)19-12-8-17(24)9-13-19/h6-13H,4-5,14-15H2,1-3H3,(H,25,28)(H,26,27). The second kappa shape index (κ2) is 8.63. The van der Waals surface area contributed by atoms with Crippen LogP contribution in [-0.2, 0) is 14.6 Å². The molecule has 2 N–H and O–H groups in total. The summed E-state index contributed by atoms with van der Waals surface area (Å²) < 4.78 is 25.3. The van der Waals surface area contributed by atoms with Gasteiger partial charge < -0.3 is 10.6 Å². The summed E-state index contributed by atoms with van der Waals surface area (Å²) in [5, 5.41) is 6.05. The number of halogens is 1. The first-order valence-corrected chi connectivity index (χ1v) is 12.0. The SMILES string of the molecule is CC(C)(C)NC(=O)c1ccc(NC(=O)C2(S(=O)(=O)c3ccc(Cl)cc3)CCCC2)cc1. The highest BCUT2D eigenvalue weighted by atomic mass is 35.5. The van der Waals surface area contributed by atoms with Gasteiger partial charge in [-0.3, -0.25) is 9.59 Å². The molecule has 0 spiro atoms. The van der Waals surface area contributed by atoms with E-state index >= 15 is 0 Å². The lowest BCUT2D eigenvalue weighted by Gasteiger charge is -2.27. The maximum Gasteiger partial charge on any atom is 0.251 e. The molecule has 8 heteroatoms. The second-order valence-corrected chi connectivity index (χ2v) is 11.6. The molecule has 0 aromatic heterocycles. The van der Waals surface area contributed by atoms with E-state index in [0.717, 1.165) is 0 Å². The maximum absolute atomic E-state index is 13.4. The predicted molar refractivity (Wildman–Crippen MR) is 122 cm³/mol. The molecule has 0 saturated heterocycles. The number of hydrogen-bond acceptors (Lipinski definition) is 4. The van der Waals surface area contributed by atoms with Gasteiger partial charge in [0, 0.05) is 21.8 Å². The van der Waals surface area contributed by atoms with Crippen LogP contribution in [-0.4, -0.2) is 30.5 Å². The number of sulfone groups is 1. The molecular formula is C23H27ClN2O4S. The van der Waals surface area contributed by atoms with Gasteiger partial charge in [-0.15, -0.1) is 0 Å². The zero-order valence-corrected chi connectivity index (χ0v) is 19.4. The first-order chi connectivity index (χ1) is 14.4. The largest absolute Gasteiger partial charge is 0.347 e. The van der Waals surface area contributed by atoms with E-state index in [4.69, 9.17) is 11.6 Å². The van der Waals surface area contributed by atoms with E-state index in [9.17, 15) is 18.0 Å². The van der Waals surface area contributed by atoms with E-state index in [1.165, 1.54) is 24.3 Å². The number of carbonyl (C=O) groups is 2. The molecule has 166 valence electrons. The van der Waals surface area contributed by atoms with E-state index in [1.54, 1.807) is 24.3 Å². The summed E-state index contributed by atoms with van der Waals surface area (Å²) in [6.45, 7) is 5.67. The number of hydrogen-bond donors (Lipinski definition) is 2. The van der Waals surface area contributed by atoms with Crippen molar-refractivity contribution in [2.24, 2.45) is 0 Å². The van der Waals surface area contributed by atoms with Crippen molar-refractivity contribution in [1.82, 2.24) is 5.32 Å². The minimum Gasteiger partial charge on any atom is -0.347 e. The Balaban J connectivity index is 1.83. The van der Waals surface area contributed by atoms with Crippen molar-refractivity contribution in [2.75, 3.05) is 5.32 Å². The lowest BCUT2D eigenvalue weighted by atomic mass is 10.1. The normalized spacial score (nSPS) is 16.0. The van der Waals surface area contributed by atoms with Gasteiger partial charge in [0.25, 0.3) is 5.91 Å². The van der Waals surface area contributed by atoms with Crippen molar-refractivity contribution >= 4 is 38.9 Å². The van der Waals surface area contributed by atoms with Gasteiger partial charge in [-0.1, -0.05) is 24.4 Å². The number of rotatable bonds is 5. The molecule has 0 unspecified atom stereocenters. The molecule has 2 aromatic rings. The van der Waals surface area contributed by atoms with Crippen LogP contribution in [0.25, 0.3) is 0 Å². The van der Waals surface area contributed by atoms with Gasteiger partial charge in [0.2, 0.25) is 5.91 Å². The Kier molecular flexibility index (Phi) is 6.48. The minimum atomic E-state index is -3.91. The summed E-state index contributed by atoms with van der Waals surface area (Å²) in [6, 6.07) is 12.3. The Morgan fingerprint density at radius 3 is 2.00 bits per heavy atom. The monoisotopic (exact) mass is 462 g/mol. The third-order valence-corrected chi connectivity index (χ3v) is 8.12. The molecule has 1 aliphatic rings. The van der Waals surface area contributed by atoms with Gasteiger partial charge in [0.1, 0.15) is 0 Å². The fourth-order valence-corrected chi connectivity index (χ4v) is 5.96. The quantitative estimate of drug-likeness (QED) is 0.679. The third kappa shape index (κ3) is 4.93. The van der Waals surface area contributed by atoms with Gasteiger partial charge >= 0.3 is 0 Å². The molecule has 0 radical (unpaired) electrons. The van der Waals surface area contributed by atoms with E-state index < -0.39 is 20.5 Å². The Labute approximate surface area is 188 Å². The summed E-state index contributed by atoms with van der Waals surface area (Å²) in [5.41, 5.74) is 0.529. The van der Waals surface area contributed by atoms with Crippen LogP contribution in [0.5, 0.6) is 0 Å². The molecule has 3 rings (SSSR count). The molecule has 1 aliphatic carbocycles. The average molecular weight is 463 g/mol. The molecule has 1 fully saturated rings. The molecule has 0 aliphatic heterocycles. The van der Waals surface area contributed by atoms with Crippen molar-refractivity contribution in [3.8, 4) is 0 Å². The highest BCUT2D eigenvalue weighted by Gasteiger charge is 2.52. The van der Waals surface area contributed by atoms with Crippen LogP contribution in [0.15, 0.2) is 53.4 Å². The van der Waals surface area contributed by atoms with Gasteiger partial charge in [-0.25, -0.2) is 8.42 Å². The van der Waals surface area contributed by atoms with Crippen LogP contribution < -0.4 is 10.6 Å². The maximum atomic E-state index is 13.4. The molecular weight excluding hydrogens is 436 g/mol. The van der Waals surface area contributed by atoms with Crippen molar-refractivity contribution in [1.29, 1.82) is 0 Å². The lowest BCUT2D eigenvalue weighted by Crippen LogP contribution is -2.47. The molecule has 2 amide bonds. The Bertz CT molecular complexity index is 1070. The number of carbonyl (C=O) groups excluding carboxylic acids is 2. The van der Waals surface area contributed by atoms with Crippen LogP contribution in [0, 0.1) is 0 Å². The molecule has 6 nitrogen and oxygen atoms in total. The molecule has 31 heavy (non-hydrogen) atoms. The predicted octanol–water partition coefficient (Wildman–Crippen LogP) is 4.59. The van der Waals surface area contributed by atoms with Crippen LogP contribution >= 0.6 is 11.6 Å². The van der Waals surface area contributed by atoms with Crippen molar-refractivity contribution < 1.29 is 18.0 Å². The summed E-state index contributed by atoms with van der Waals surface area (Å²) in [7, 11) is -3.91. The zero-order valence-electron chi connectivity index (χ0n) is 17.9. The van der Waals surface area contributed by atoms with Crippen LogP contribution in [0.4, 0.5) is 5.69 Å². The zero-order chi connectivity index (χ0) is 22.9. The number of amides is 2. The first kappa shape index (κ1) is 23.3. The Hall–Kier alpha value is -2.38. The number of anilines is 1. The second-order valence-electron chi connectivity index (χ2n) is 8.89. The highest BCUT2D eigenvalue weighted by molar-refractivity contribution is 7.93. The molecule has 0 bridgehead atoms. The lowest BCUT2D eigenvalue weighted by molar-refractivity contribution is -0.118. The molecule has 0 atom stereocenters. The van der Waals surface area contributed by atoms with Crippen molar-refractivity contribution in [2.45, 2.75) is 61.6 Å². The molecule has 0 heterocycles. The number of nitrogens with one attached hydrogen (secondary N) is 2. The molecule has 1 saturated carbocycles. The molecule has 2 aromatic carbocycles. The average Bonchev–Trinajstić information content (AvgIpc) is 3.19. The fourth-order valence-electron chi connectivity index (χ4n) is 3.77. The van der Waals surface area contributed by atoms with Crippen LogP contribution in [0.2, 0.25) is 5.02 Å². The highest BCUT2D eigenvalue weighted by Crippen LogP contribution is 2.41. The third-order valence-electron chi connectivity index (χ3n) is 5.36. The van der Waals surface area contributed by atoms with Gasteiger partial charge in [-0.2, -0.15) is 0 Å². The van der Waals surface area contributed by atoms with Gasteiger partial charge in [0.05, 0.1) is 4.90 Å². The first-order valence-electron chi connectivity index (χ1n) is 10.2. The van der Waals surface area contributed by atoms with Gasteiger partial charge in [0.15, 0.2) is 14.6 Å². The van der Waals surface area contributed by atoms with Crippen molar-refractivity contribution in [3.63, 3.8) is 0 Å². The van der Waals surface area contributed by atoms with E-state index in [0.29, 0.717) is 29.1 Å². The minimum absolute atomic E-state index is 0.0862. The smallest absolute Gasteiger partial charge is 0.251 e. The van der Waals surface area contributed by atoms with Gasteiger partial charge in [-0.05, 0) is 82.1 Å². The fraction of sp³-hybridized carbons (Fsp3) is 0.391.